The van der Waals surface area contributed by atoms with Crippen LogP contribution in [0.4, 0.5) is 0 Å². The van der Waals surface area contributed by atoms with Gasteiger partial charge in [-0.3, -0.25) is 9.69 Å². The highest BCUT2D eigenvalue weighted by Crippen LogP contribution is 2.38. The van der Waals surface area contributed by atoms with Crippen LogP contribution in [0.1, 0.15) is 37.3 Å². The molecule has 0 atom stereocenters. The van der Waals surface area contributed by atoms with Gasteiger partial charge >= 0.3 is 6.01 Å². The van der Waals surface area contributed by atoms with Gasteiger partial charge in [0.05, 0.1) is 11.3 Å². The SMILES string of the molecule is [CH2]CC(=O)N1CCN(Cc2ccc(-n3c(O)nnc3-c3cc(C(C)C)c(O)cc3O)cc2)CC1. The van der Waals surface area contributed by atoms with Crippen molar-refractivity contribution in [2.24, 2.45) is 0 Å². The average Bonchev–Trinajstić information content (AvgIpc) is 3.20. The number of amides is 1. The van der Waals surface area contributed by atoms with Crippen molar-refractivity contribution in [2.75, 3.05) is 26.2 Å². The van der Waals surface area contributed by atoms with E-state index in [1.807, 2.05) is 43.0 Å². The number of aromatic nitrogens is 3. The molecule has 0 spiro atoms. The molecule has 2 heterocycles. The number of phenols is 2. The molecule has 1 aliphatic rings. The van der Waals surface area contributed by atoms with Gasteiger partial charge in [0.1, 0.15) is 11.5 Å². The molecule has 179 valence electrons. The first-order valence-corrected chi connectivity index (χ1v) is 11.4. The normalized spacial score (nSPS) is 14.6. The molecule has 34 heavy (non-hydrogen) atoms. The van der Waals surface area contributed by atoms with Crippen molar-refractivity contribution < 1.29 is 20.1 Å². The average molecular weight is 465 g/mol. The molecule has 1 saturated heterocycles. The maximum Gasteiger partial charge on any atom is 0.319 e. The van der Waals surface area contributed by atoms with Gasteiger partial charge in [0.25, 0.3) is 0 Å². The van der Waals surface area contributed by atoms with E-state index in [2.05, 4.69) is 22.0 Å². The Hall–Kier alpha value is -3.59. The molecule has 3 aromatic rings. The monoisotopic (exact) mass is 464 g/mol. The first-order chi connectivity index (χ1) is 16.3. The van der Waals surface area contributed by atoms with Gasteiger partial charge in [-0.1, -0.05) is 31.1 Å². The van der Waals surface area contributed by atoms with E-state index in [1.54, 1.807) is 6.07 Å². The van der Waals surface area contributed by atoms with Crippen LogP contribution >= 0.6 is 0 Å². The minimum Gasteiger partial charge on any atom is -0.508 e. The molecule has 0 saturated carbocycles. The maximum atomic E-state index is 11.8. The molecule has 1 amide bonds. The van der Waals surface area contributed by atoms with E-state index in [9.17, 15) is 20.1 Å². The zero-order chi connectivity index (χ0) is 24.4. The van der Waals surface area contributed by atoms with E-state index in [4.69, 9.17) is 0 Å². The van der Waals surface area contributed by atoms with Gasteiger partial charge in [-0.2, -0.15) is 0 Å². The summed E-state index contributed by atoms with van der Waals surface area (Å²) < 4.78 is 1.46. The van der Waals surface area contributed by atoms with Gasteiger partial charge < -0.3 is 20.2 Å². The zero-order valence-corrected chi connectivity index (χ0v) is 19.5. The molecule has 2 aromatic carbocycles. The van der Waals surface area contributed by atoms with E-state index in [1.165, 1.54) is 10.6 Å². The Bertz CT molecular complexity index is 1160. The van der Waals surface area contributed by atoms with Gasteiger partial charge in [0, 0.05) is 45.2 Å². The van der Waals surface area contributed by atoms with Crippen molar-refractivity contribution in [3.05, 3.63) is 54.4 Å². The molecule has 1 fully saturated rings. The lowest BCUT2D eigenvalue weighted by atomic mass is 9.98. The molecular formula is C25H30N5O4. The number of hydrogen-bond acceptors (Lipinski definition) is 7. The first kappa shape index (κ1) is 23.6. The largest absolute Gasteiger partial charge is 0.508 e. The topological polar surface area (TPSA) is 115 Å². The second-order valence-corrected chi connectivity index (χ2v) is 8.82. The predicted molar refractivity (Wildman–Crippen MR) is 128 cm³/mol. The number of benzene rings is 2. The maximum absolute atomic E-state index is 11.8. The molecule has 3 N–H and O–H groups in total. The second kappa shape index (κ2) is 9.72. The lowest BCUT2D eigenvalue weighted by molar-refractivity contribution is -0.132. The van der Waals surface area contributed by atoms with Crippen molar-refractivity contribution in [3.8, 4) is 34.6 Å². The summed E-state index contributed by atoms with van der Waals surface area (Å²) in [6, 6.07) is 10.3. The molecule has 0 bridgehead atoms. The number of piperazine rings is 1. The minimum atomic E-state index is -0.299. The van der Waals surface area contributed by atoms with Crippen LogP contribution in [0.25, 0.3) is 17.1 Å². The fraction of sp³-hybridized carbons (Fsp3) is 0.360. The molecule has 1 aromatic heterocycles. The third-order valence-electron chi connectivity index (χ3n) is 6.19. The van der Waals surface area contributed by atoms with Crippen LogP contribution in [0.2, 0.25) is 0 Å². The second-order valence-electron chi connectivity index (χ2n) is 8.82. The summed E-state index contributed by atoms with van der Waals surface area (Å²) in [4.78, 5) is 16.0. The number of carbonyl (C=O) groups is 1. The third kappa shape index (κ3) is 4.70. The van der Waals surface area contributed by atoms with Crippen LogP contribution in [0.15, 0.2) is 36.4 Å². The van der Waals surface area contributed by atoms with Crippen LogP contribution in [0.5, 0.6) is 17.5 Å². The minimum absolute atomic E-state index is 0.00690. The molecule has 0 aliphatic carbocycles. The number of hydrogen-bond donors (Lipinski definition) is 3. The zero-order valence-electron chi connectivity index (χ0n) is 19.5. The Labute approximate surface area is 198 Å². The predicted octanol–water partition coefficient (Wildman–Crippen LogP) is 3.04. The summed E-state index contributed by atoms with van der Waals surface area (Å²) in [5, 5.41) is 38.9. The van der Waals surface area contributed by atoms with Crippen LogP contribution in [-0.4, -0.2) is 72.0 Å². The summed E-state index contributed by atoms with van der Waals surface area (Å²) in [5.41, 5.74) is 2.78. The fourth-order valence-corrected chi connectivity index (χ4v) is 4.25. The van der Waals surface area contributed by atoms with Crippen LogP contribution in [-0.2, 0) is 11.3 Å². The standard InChI is InChI=1S/C25H30N5O4/c1-4-23(33)29-11-9-28(10-12-29)15-17-5-7-18(8-6-17)30-24(26-27-25(30)34)20-13-19(16(2)3)21(31)14-22(20)32/h5-8,13-14,16,31-32H,1,4,9-12,15H2,2-3H3,(H,27,34). The van der Waals surface area contributed by atoms with Gasteiger partial charge in [-0.05, 0) is 42.2 Å². The number of nitrogens with zero attached hydrogens (tertiary/aromatic N) is 5. The Morgan fingerprint density at radius 2 is 1.68 bits per heavy atom. The highest BCUT2D eigenvalue weighted by Gasteiger charge is 2.22. The number of carbonyl (C=O) groups excluding carboxylic acids is 1. The summed E-state index contributed by atoms with van der Waals surface area (Å²) in [7, 11) is 0. The molecule has 1 aliphatic heterocycles. The molecule has 0 unspecified atom stereocenters. The fourth-order valence-electron chi connectivity index (χ4n) is 4.25. The lowest BCUT2D eigenvalue weighted by Gasteiger charge is -2.34. The van der Waals surface area contributed by atoms with Gasteiger partial charge in [-0.25, -0.2) is 4.57 Å². The van der Waals surface area contributed by atoms with Crippen molar-refractivity contribution in [1.82, 2.24) is 24.6 Å². The molecule has 4 rings (SSSR count). The van der Waals surface area contributed by atoms with E-state index < -0.39 is 0 Å². The van der Waals surface area contributed by atoms with Gasteiger partial charge in [0.15, 0.2) is 5.82 Å². The molecule has 9 nitrogen and oxygen atoms in total. The summed E-state index contributed by atoms with van der Waals surface area (Å²) in [5.74, 6) is 0.253. The quantitative estimate of drug-likeness (QED) is 0.514. The highest BCUT2D eigenvalue weighted by atomic mass is 16.3. The van der Waals surface area contributed by atoms with Crippen molar-refractivity contribution >= 4 is 5.91 Å². The Morgan fingerprint density at radius 1 is 1.00 bits per heavy atom. The number of aromatic hydroxyl groups is 3. The summed E-state index contributed by atoms with van der Waals surface area (Å²) >= 11 is 0. The summed E-state index contributed by atoms with van der Waals surface area (Å²) in [6.07, 6.45) is 0.292. The van der Waals surface area contributed by atoms with Crippen LogP contribution in [0, 0.1) is 6.92 Å². The first-order valence-electron chi connectivity index (χ1n) is 11.4. The van der Waals surface area contributed by atoms with E-state index in [0.29, 0.717) is 36.3 Å². The highest BCUT2D eigenvalue weighted by molar-refractivity contribution is 5.76. The number of phenolic OH excluding ortho intramolecular Hbond substituents is 2. The van der Waals surface area contributed by atoms with Crippen molar-refractivity contribution in [2.45, 2.75) is 32.7 Å². The van der Waals surface area contributed by atoms with E-state index in [0.717, 1.165) is 25.2 Å². The van der Waals surface area contributed by atoms with Crippen molar-refractivity contribution in [1.29, 1.82) is 0 Å². The Kier molecular flexibility index (Phi) is 6.74. The Balaban J connectivity index is 1.54. The molecule has 9 heteroatoms. The van der Waals surface area contributed by atoms with Crippen LogP contribution in [0.3, 0.4) is 0 Å². The van der Waals surface area contributed by atoms with E-state index in [-0.39, 0.29) is 35.2 Å². The summed E-state index contributed by atoms with van der Waals surface area (Å²) in [6.45, 7) is 11.3. The Morgan fingerprint density at radius 3 is 2.29 bits per heavy atom. The van der Waals surface area contributed by atoms with E-state index >= 15 is 0 Å². The van der Waals surface area contributed by atoms with Gasteiger partial charge in [-0.15, -0.1) is 5.10 Å². The lowest BCUT2D eigenvalue weighted by Crippen LogP contribution is -2.48. The van der Waals surface area contributed by atoms with Crippen LogP contribution < -0.4 is 0 Å². The molecular weight excluding hydrogens is 434 g/mol. The number of rotatable bonds is 6. The smallest absolute Gasteiger partial charge is 0.319 e. The van der Waals surface area contributed by atoms with Crippen molar-refractivity contribution in [3.63, 3.8) is 0 Å². The third-order valence-corrected chi connectivity index (χ3v) is 6.19. The van der Waals surface area contributed by atoms with Gasteiger partial charge in [0.2, 0.25) is 5.91 Å². The molecule has 1 radical (unpaired) electrons.